The van der Waals surface area contributed by atoms with Gasteiger partial charge in [0.25, 0.3) is 38.9 Å². The molecule has 7 aromatic rings. The number of aromatic amines is 7. The predicted octanol–water partition coefficient (Wildman–Crippen LogP) is 12.4. The lowest BCUT2D eigenvalue weighted by Crippen LogP contribution is -2.24. The molecule has 0 aliphatic carbocycles. The van der Waals surface area contributed by atoms with E-state index in [-0.39, 0.29) is 136 Å². The first kappa shape index (κ1) is 96.1. The van der Waals surface area contributed by atoms with E-state index in [2.05, 4.69) is 63.7 Å². The minimum Gasteiger partial charge on any atom is -0.495 e. The number of nitrogens with zero attached hydrogens (tertiary/aromatic N) is 7. The number of aryl methyl sites for hydroxylation is 1. The molecule has 14 heterocycles. The number of benzene rings is 7. The van der Waals surface area contributed by atoms with Crippen LogP contribution in [-0.4, -0.2) is 111 Å². The highest BCUT2D eigenvalue weighted by Gasteiger charge is 2.26. The first-order chi connectivity index (χ1) is 66.4. The summed E-state index contributed by atoms with van der Waals surface area (Å²) < 4.78 is 121. The topological polar surface area (TPSA) is 574 Å². The zero-order valence-corrected chi connectivity index (χ0v) is 75.4. The van der Waals surface area contributed by atoms with E-state index in [0.717, 1.165) is 28.5 Å². The summed E-state index contributed by atoms with van der Waals surface area (Å²) in [5.74, 6) is -1.94. The van der Waals surface area contributed by atoms with Gasteiger partial charge in [-0.25, -0.2) is 33.6 Å². The Morgan fingerprint density at radius 2 is 0.576 bits per heavy atom. The lowest BCUT2D eigenvalue weighted by atomic mass is 10.1. The van der Waals surface area contributed by atoms with Gasteiger partial charge in [-0.15, -0.1) is 11.3 Å². The molecule has 139 heavy (non-hydrogen) atoms. The molecule has 0 saturated carbocycles. The van der Waals surface area contributed by atoms with Gasteiger partial charge in [0.15, 0.2) is 56.5 Å². The summed E-state index contributed by atoms with van der Waals surface area (Å²) in [6.45, 7) is 10.9. The summed E-state index contributed by atoms with van der Waals surface area (Å²) in [7, 11) is 5.60. The molecule has 0 aromatic heterocycles. The van der Waals surface area contributed by atoms with Crippen molar-refractivity contribution in [2.45, 2.75) is 47.5 Å². The summed E-state index contributed by atoms with van der Waals surface area (Å²) in [4.78, 5) is 199. The standard InChI is InChI=1S/C17H17FN2O4.C15H13FN2O4.2C12H7ClN2O4.2C12H7FN2O4.C12H8N2O2S/c1-9(2)4-3-7-23-12-6-5-10-8-11-15(21)19-17(22)20-16(11)24-14(10)13(12)18;1-7(2)6-21-10-4-3-8-5-9-13(19)17-15(20)18-14(9)22-12(8)11(10)16;4*1-18-7-3-2-5-4-6-10(16)14-12(17)15-11(6)19-9(5)8(7)13;1-6-2-3-7-5-8-10(15)13-12(16)14-11(8)17-9(7)4-6/h5-6,8-9H,3-4,7H2,1-2H3,(H,19,21,22);3-5,7H,6H2,1-2H3,(H,17,19,20);4*2-4H,1H3,(H,14,16,17);2-5H,1H3,(H,13,15,16). The monoisotopic (exact) mass is 1960 g/mol. The minimum absolute atomic E-state index is 0.00258. The molecule has 47 heteroatoms. The number of aromatic nitrogens is 14. The van der Waals surface area contributed by atoms with Crippen LogP contribution in [0.2, 0.25) is 10.0 Å². The highest BCUT2D eigenvalue weighted by Crippen LogP contribution is 2.40. The van der Waals surface area contributed by atoms with Crippen LogP contribution in [0.1, 0.15) is 46.1 Å². The molecule has 0 bridgehead atoms. The number of fused-ring (bicyclic) bond motifs is 14. The van der Waals surface area contributed by atoms with Gasteiger partial charge in [0, 0.05) is 37.0 Å². The fourth-order valence-electron chi connectivity index (χ4n) is 13.6. The van der Waals surface area contributed by atoms with E-state index < -0.39 is 96.5 Å². The van der Waals surface area contributed by atoms with Crippen LogP contribution in [-0.2, 0) is 0 Å². The Morgan fingerprint density at radius 1 is 0.317 bits per heavy atom. The van der Waals surface area contributed by atoms with Crippen molar-refractivity contribution in [3.05, 3.63) is 318 Å². The van der Waals surface area contributed by atoms with Crippen molar-refractivity contribution in [1.29, 1.82) is 0 Å². The molecule has 0 unspecified atom stereocenters. The van der Waals surface area contributed by atoms with Crippen molar-refractivity contribution in [2.24, 2.45) is 11.8 Å². The van der Waals surface area contributed by atoms with Crippen molar-refractivity contribution in [3.8, 4) is 114 Å². The van der Waals surface area contributed by atoms with Crippen LogP contribution in [0.5, 0.6) is 34.5 Å². The molecular formula is C92H66Cl2F4N14O26S. The van der Waals surface area contributed by atoms with Crippen LogP contribution in [0.25, 0.3) is 155 Å². The molecule has 708 valence electrons. The zero-order chi connectivity index (χ0) is 99.4. The minimum atomic E-state index is -0.844. The molecule has 14 aliphatic rings. The van der Waals surface area contributed by atoms with Gasteiger partial charge in [-0.1, -0.05) is 63.0 Å². The van der Waals surface area contributed by atoms with E-state index in [9.17, 15) is 84.7 Å². The smallest absolute Gasteiger partial charge is 0.351 e. The number of hydrogen-bond acceptors (Lipinski definition) is 34. The third-order valence-corrected chi connectivity index (χ3v) is 21.9. The van der Waals surface area contributed by atoms with Gasteiger partial charge in [0.2, 0.25) is 58.6 Å². The number of ether oxygens (including phenoxy) is 6. The maximum Gasteiger partial charge on any atom is 0.351 e. The number of rotatable bonds is 12. The highest BCUT2D eigenvalue weighted by atomic mass is 35.5. The van der Waals surface area contributed by atoms with Gasteiger partial charge in [-0.2, -0.15) is 52.4 Å². The van der Waals surface area contributed by atoms with Crippen molar-refractivity contribution >= 4 is 110 Å². The Labute approximate surface area is 781 Å². The van der Waals surface area contributed by atoms with Gasteiger partial charge in [-0.05, 0) is 164 Å². The second-order valence-electron chi connectivity index (χ2n) is 30.6. The summed E-state index contributed by atoms with van der Waals surface area (Å²) >= 11 is 13.6. The maximum atomic E-state index is 14.6. The first-order valence-electron chi connectivity index (χ1n) is 40.8. The fraction of sp³-hybridized carbons (Fsp3) is 0.163. The Hall–Kier alpha value is -17.5. The van der Waals surface area contributed by atoms with E-state index in [0.29, 0.717) is 84.7 Å². The van der Waals surface area contributed by atoms with Crippen LogP contribution in [0.3, 0.4) is 0 Å². The van der Waals surface area contributed by atoms with Gasteiger partial charge in [0.1, 0.15) is 59.9 Å². The number of nitrogens with one attached hydrogen (secondary N) is 7. The number of halogens is 6. The zero-order valence-electron chi connectivity index (χ0n) is 73.1. The lowest BCUT2D eigenvalue weighted by molar-refractivity contribution is 0.259. The highest BCUT2D eigenvalue weighted by molar-refractivity contribution is 7.21. The molecule has 0 atom stereocenters. The van der Waals surface area contributed by atoms with Gasteiger partial charge in [0.05, 0.1) is 47.2 Å². The second kappa shape index (κ2) is 40.4. The average Bonchev–Trinajstić information content (AvgIpc) is 0.799. The summed E-state index contributed by atoms with van der Waals surface area (Å²) in [6.07, 6.45) is 1.81. The van der Waals surface area contributed by atoms with Crippen LogP contribution >= 0.6 is 34.5 Å². The predicted molar refractivity (Wildman–Crippen MR) is 499 cm³/mol. The van der Waals surface area contributed by atoms with E-state index in [1.807, 2.05) is 58.9 Å². The molecule has 0 spiro atoms. The third kappa shape index (κ3) is 20.8. The fourth-order valence-corrected chi connectivity index (χ4v) is 15.2. The number of methoxy groups -OCH3 is 4. The molecule has 21 rings (SSSR count). The van der Waals surface area contributed by atoms with Crippen molar-refractivity contribution < 1.29 is 72.5 Å². The second-order valence-corrected chi connectivity index (χ2v) is 32.4. The Kier molecular flexibility index (Phi) is 27.9. The quantitative estimate of drug-likeness (QED) is 0.0339. The lowest BCUT2D eigenvalue weighted by Gasteiger charge is -2.11. The first-order valence-corrected chi connectivity index (χ1v) is 42.4. The van der Waals surface area contributed by atoms with E-state index >= 15 is 0 Å². The Morgan fingerprint density at radius 3 is 0.885 bits per heavy atom. The summed E-state index contributed by atoms with van der Waals surface area (Å²) in [5.41, 5.74) is -6.96. The van der Waals surface area contributed by atoms with Gasteiger partial charge < -0.3 is 54.9 Å². The molecule has 0 saturated heterocycles. The van der Waals surface area contributed by atoms with Gasteiger partial charge in [-0.3, -0.25) is 68.4 Å². The molecule has 0 fully saturated rings. The molecule has 0 radical (unpaired) electrons. The normalized spacial score (nSPS) is 11.2. The SMILES string of the molecule is CC(C)CCCOc1ccc2cc3c(=O)[nH]c(=O)nc-3oc2c1F.CC(C)COc1ccc2cc3c(=O)[nH]c(=O)nc-3oc2c1F.COc1ccc2cc3c(=O)[nH]c(=O)nc-3oc2c1Cl.COc1ccc2cc3c(=O)[nH]c(=O)nc-3oc2c1Cl.COc1ccc2cc3c(=O)[nH]c(=O)nc-3oc2c1F.COc1ccc2cc3c(=O)[nH]c(=O)nc-3oc2c1F.Cc1ccc2cc3c(=O)[nH]c(=O)nc-3sc2c1. The van der Waals surface area contributed by atoms with Crippen LogP contribution in [0.15, 0.2) is 227 Å². The number of hydrogen-bond donors (Lipinski definition) is 7. The van der Waals surface area contributed by atoms with E-state index in [4.69, 9.17) is 78.1 Å². The summed E-state index contributed by atoms with van der Waals surface area (Å²) in [6, 6.07) is 35.4. The molecule has 0 amide bonds. The third-order valence-electron chi connectivity index (χ3n) is 20.1. The molecule has 14 aliphatic heterocycles. The average molecular weight is 1960 g/mol. The van der Waals surface area contributed by atoms with Gasteiger partial charge >= 0.3 is 39.8 Å². The van der Waals surface area contributed by atoms with E-state index in [1.165, 1.54) is 88.3 Å². The van der Waals surface area contributed by atoms with Crippen molar-refractivity contribution in [3.63, 3.8) is 0 Å². The van der Waals surface area contributed by atoms with E-state index in [1.54, 1.807) is 66.7 Å². The van der Waals surface area contributed by atoms with Crippen LogP contribution < -0.4 is 107 Å². The Bertz CT molecular complexity index is 8500. The van der Waals surface area contributed by atoms with Crippen molar-refractivity contribution in [1.82, 2.24) is 69.8 Å². The summed E-state index contributed by atoms with van der Waals surface area (Å²) in [5, 5.41) is 4.74. The molecule has 7 N–H and O–H groups in total. The van der Waals surface area contributed by atoms with Crippen LogP contribution in [0, 0.1) is 42.0 Å². The van der Waals surface area contributed by atoms with Crippen LogP contribution in [0.4, 0.5) is 17.6 Å². The molecule has 40 nitrogen and oxygen atoms in total. The largest absolute Gasteiger partial charge is 0.495 e. The number of H-pyrrole nitrogens is 7. The maximum absolute atomic E-state index is 14.6. The molecule has 7 aromatic carbocycles. The molecular weight excluding hydrogens is 1900 g/mol. The van der Waals surface area contributed by atoms with Crippen molar-refractivity contribution in [2.75, 3.05) is 41.7 Å². The Balaban J connectivity index is 0.000000123.